The van der Waals surface area contributed by atoms with E-state index >= 15 is 0 Å². The van der Waals surface area contributed by atoms with Crippen LogP contribution in [0, 0.1) is 0 Å². The Morgan fingerprint density at radius 3 is 2.66 bits per heavy atom. The largest absolute Gasteiger partial charge is 0.417 e. The van der Waals surface area contributed by atoms with Gasteiger partial charge in [-0.3, -0.25) is 9.59 Å². The number of benzene rings is 1. The lowest BCUT2D eigenvalue weighted by atomic mass is 10.1. The molecule has 14 heteroatoms. The Kier molecular flexibility index (Phi) is 7.28. The Morgan fingerprint density at radius 1 is 1.29 bits per heavy atom. The summed E-state index contributed by atoms with van der Waals surface area (Å²) in [6, 6.07) is 1.59. The third-order valence-electron chi connectivity index (χ3n) is 5.31. The number of hydrogen-bond donors (Lipinski definition) is 1. The van der Waals surface area contributed by atoms with Crippen LogP contribution in [0.15, 0.2) is 27.5 Å². The molecule has 3 heterocycles. The van der Waals surface area contributed by atoms with E-state index in [0.29, 0.717) is 43.6 Å². The molecule has 35 heavy (non-hydrogen) atoms. The summed E-state index contributed by atoms with van der Waals surface area (Å²) in [5.74, 6) is -0.133. The highest BCUT2D eigenvalue weighted by molar-refractivity contribution is 9.10. The van der Waals surface area contributed by atoms with Crippen LogP contribution < -0.4 is 10.9 Å². The van der Waals surface area contributed by atoms with Crippen LogP contribution in [-0.2, 0) is 28.7 Å². The molecule has 1 amide bonds. The number of alkyl halides is 3. The summed E-state index contributed by atoms with van der Waals surface area (Å²) in [6.07, 6.45) is -1.92. The van der Waals surface area contributed by atoms with E-state index in [1.807, 2.05) is 6.08 Å². The van der Waals surface area contributed by atoms with E-state index in [1.54, 1.807) is 6.92 Å². The first-order valence-electron chi connectivity index (χ1n) is 10.3. The number of rotatable bonds is 5. The molecule has 0 unspecified atom stereocenters. The van der Waals surface area contributed by atoms with Crippen molar-refractivity contribution in [1.29, 1.82) is 0 Å². The molecule has 1 aromatic carbocycles. The smallest absolute Gasteiger partial charge is 0.377 e. The monoisotopic (exact) mass is 593 g/mol. The molecule has 0 spiro atoms. The fourth-order valence-electron chi connectivity index (χ4n) is 3.64. The van der Waals surface area contributed by atoms with Gasteiger partial charge in [0.15, 0.2) is 5.82 Å². The van der Waals surface area contributed by atoms with Gasteiger partial charge in [0.1, 0.15) is 11.0 Å². The number of halogens is 6. The molecule has 1 N–H and O–H groups in total. The van der Waals surface area contributed by atoms with Gasteiger partial charge in [-0.05, 0) is 46.5 Å². The number of fused-ring (bicyclic) bond motifs is 1. The molecule has 0 saturated heterocycles. The minimum Gasteiger partial charge on any atom is -0.377 e. The highest BCUT2D eigenvalue weighted by atomic mass is 79.9. The summed E-state index contributed by atoms with van der Waals surface area (Å²) in [5.41, 5.74) is -0.319. The summed E-state index contributed by atoms with van der Waals surface area (Å²) < 4.78 is 47.3. The average Bonchev–Trinajstić information content (AvgIpc) is 3.25. The molecule has 4 rings (SSSR count). The Balaban J connectivity index is 1.72. The van der Waals surface area contributed by atoms with Gasteiger partial charge in [0.25, 0.3) is 5.56 Å². The second-order valence-electron chi connectivity index (χ2n) is 7.56. The Labute approximate surface area is 214 Å². The van der Waals surface area contributed by atoms with Crippen molar-refractivity contribution in [2.45, 2.75) is 32.5 Å². The number of aromatic nitrogens is 4. The van der Waals surface area contributed by atoms with E-state index in [1.165, 1.54) is 4.57 Å². The molecule has 8 nitrogen and oxygen atoms in total. The van der Waals surface area contributed by atoms with E-state index in [4.69, 9.17) is 27.9 Å². The highest BCUT2D eigenvalue weighted by Gasteiger charge is 2.34. The number of ether oxygens (including phenoxy) is 1. The van der Waals surface area contributed by atoms with Crippen LogP contribution in [0.25, 0.3) is 11.4 Å². The van der Waals surface area contributed by atoms with Crippen LogP contribution in [0.2, 0.25) is 10.0 Å². The number of amides is 1. The van der Waals surface area contributed by atoms with E-state index < -0.39 is 28.2 Å². The zero-order valence-electron chi connectivity index (χ0n) is 18.0. The summed E-state index contributed by atoms with van der Waals surface area (Å²) in [7, 11) is 0. The molecule has 0 aliphatic carbocycles. The topological polar surface area (TPSA) is 90.5 Å². The van der Waals surface area contributed by atoms with E-state index in [0.717, 1.165) is 16.2 Å². The molecular weight excluding hydrogens is 578 g/mol. The molecule has 0 saturated carbocycles. The minimum atomic E-state index is -4.70. The average molecular weight is 595 g/mol. The van der Waals surface area contributed by atoms with Crippen molar-refractivity contribution in [3.8, 4) is 0 Å². The lowest BCUT2D eigenvalue weighted by molar-refractivity contribution is -0.137. The van der Waals surface area contributed by atoms with Crippen molar-refractivity contribution in [2.24, 2.45) is 0 Å². The first kappa shape index (κ1) is 25.7. The van der Waals surface area contributed by atoms with Crippen molar-refractivity contribution in [3.05, 3.63) is 60.2 Å². The lowest BCUT2D eigenvalue weighted by Gasteiger charge is -2.16. The number of nitrogens with one attached hydrogen (secondary N) is 1. The predicted octanol–water partition coefficient (Wildman–Crippen LogP) is 4.98. The van der Waals surface area contributed by atoms with Crippen LogP contribution in [0.4, 0.5) is 18.9 Å². The number of hydrogen-bond acceptors (Lipinski definition) is 5. The molecule has 186 valence electrons. The van der Waals surface area contributed by atoms with Gasteiger partial charge in [0, 0.05) is 5.69 Å². The molecule has 1 aliphatic rings. The molecular formula is C21H17BrCl2F3N5O3. The van der Waals surface area contributed by atoms with Crippen molar-refractivity contribution in [1.82, 2.24) is 19.2 Å². The van der Waals surface area contributed by atoms with Crippen molar-refractivity contribution >= 4 is 62.1 Å². The summed E-state index contributed by atoms with van der Waals surface area (Å²) in [4.78, 5) is 30.3. The van der Waals surface area contributed by atoms with E-state index in [-0.39, 0.29) is 27.5 Å². The minimum absolute atomic E-state index is 0.0848. The van der Waals surface area contributed by atoms with Crippen LogP contribution in [0.5, 0.6) is 0 Å². The van der Waals surface area contributed by atoms with Gasteiger partial charge in [-0.25, -0.2) is 0 Å². The number of carbonyl (C=O) groups is 1. The quantitative estimate of drug-likeness (QED) is 0.450. The second kappa shape index (κ2) is 9.92. The van der Waals surface area contributed by atoms with Crippen LogP contribution in [0.1, 0.15) is 30.4 Å². The molecule has 0 radical (unpaired) electrons. The maximum absolute atomic E-state index is 13.1. The Hall–Kier alpha value is -2.41. The molecule has 0 fully saturated rings. The standard InChI is InChI=1S/C21H17BrCl2F3N5O3/c1-2-15-17(22)19(34)32-20(29-18(30-32)10-3-5-35-6-4-10)31(15)9-16(33)28-14-8-12(23)11(7-13(14)24)21(25,26)27/h3,7-8H,2,4-6,9H2,1H3,(H,28,33). The molecule has 1 aliphatic heterocycles. The van der Waals surface area contributed by atoms with Gasteiger partial charge in [-0.1, -0.05) is 36.2 Å². The maximum Gasteiger partial charge on any atom is 0.417 e. The lowest BCUT2D eigenvalue weighted by Crippen LogP contribution is -2.28. The third-order valence-corrected chi connectivity index (χ3v) is 6.74. The van der Waals surface area contributed by atoms with Gasteiger partial charge in [-0.15, -0.1) is 5.10 Å². The fraction of sp³-hybridized carbons (Fsp3) is 0.333. The number of anilines is 1. The number of carbonyl (C=O) groups excluding carboxylic acids is 1. The molecule has 0 bridgehead atoms. The van der Waals surface area contributed by atoms with Crippen molar-refractivity contribution in [2.75, 3.05) is 18.5 Å². The zero-order valence-corrected chi connectivity index (χ0v) is 21.1. The normalized spacial score (nSPS) is 14.3. The van der Waals surface area contributed by atoms with Crippen molar-refractivity contribution < 1.29 is 22.7 Å². The fourth-order valence-corrected chi connectivity index (χ4v) is 4.79. The van der Waals surface area contributed by atoms with Crippen LogP contribution in [0.3, 0.4) is 0 Å². The SMILES string of the molecule is CCc1c(Br)c(=O)n2nc(C3=CCOCC3)nc2n1CC(=O)Nc1cc(Cl)c(C(F)(F)F)cc1Cl. The molecule has 3 aromatic rings. The van der Waals surface area contributed by atoms with Crippen LogP contribution in [-0.4, -0.2) is 38.3 Å². The highest BCUT2D eigenvalue weighted by Crippen LogP contribution is 2.39. The van der Waals surface area contributed by atoms with Gasteiger partial charge in [0.2, 0.25) is 11.7 Å². The first-order valence-corrected chi connectivity index (χ1v) is 11.9. The Morgan fingerprint density at radius 2 is 2.03 bits per heavy atom. The zero-order chi connectivity index (χ0) is 25.5. The van der Waals surface area contributed by atoms with Crippen molar-refractivity contribution in [3.63, 3.8) is 0 Å². The summed E-state index contributed by atoms with van der Waals surface area (Å²) in [5, 5.41) is 5.87. The first-order chi connectivity index (χ1) is 16.5. The summed E-state index contributed by atoms with van der Waals surface area (Å²) >= 11 is 15.0. The van der Waals surface area contributed by atoms with Gasteiger partial charge in [0.05, 0.1) is 34.5 Å². The molecule has 2 aromatic heterocycles. The van der Waals surface area contributed by atoms with Gasteiger partial charge < -0.3 is 14.6 Å². The van der Waals surface area contributed by atoms with Gasteiger partial charge in [-0.2, -0.15) is 22.7 Å². The number of nitrogens with zero attached hydrogens (tertiary/aromatic N) is 4. The maximum atomic E-state index is 13.1. The van der Waals surface area contributed by atoms with Gasteiger partial charge >= 0.3 is 6.18 Å². The third kappa shape index (κ3) is 5.11. The second-order valence-corrected chi connectivity index (χ2v) is 9.17. The Bertz CT molecular complexity index is 1420. The van der Waals surface area contributed by atoms with Crippen LogP contribution >= 0.6 is 39.1 Å². The summed E-state index contributed by atoms with van der Waals surface area (Å²) in [6.45, 7) is 2.38. The molecule has 0 atom stereocenters. The van der Waals surface area contributed by atoms with E-state index in [9.17, 15) is 22.8 Å². The predicted molar refractivity (Wildman–Crippen MR) is 128 cm³/mol. The van der Waals surface area contributed by atoms with E-state index in [2.05, 4.69) is 31.3 Å².